The molecule has 0 fully saturated rings. The van der Waals surface area contributed by atoms with Gasteiger partial charge in [0.25, 0.3) is 0 Å². The number of hydrogen-bond acceptors (Lipinski definition) is 2. The molecule has 27 heavy (non-hydrogen) atoms. The van der Waals surface area contributed by atoms with Crippen LogP contribution in [0.4, 0.5) is 0 Å². The summed E-state index contributed by atoms with van der Waals surface area (Å²) in [7, 11) is 0. The zero-order valence-corrected chi connectivity index (χ0v) is 19.8. The quantitative estimate of drug-likeness (QED) is 0.0676. The Balaban J connectivity index is 3.05. The van der Waals surface area contributed by atoms with Gasteiger partial charge in [0.1, 0.15) is 6.79 Å². The smallest absolute Gasteiger partial charge is 0.146 e. The predicted molar refractivity (Wildman–Crippen MR) is 124 cm³/mol. The highest BCUT2D eigenvalue weighted by atomic mass is 79.9. The lowest BCUT2D eigenvalue weighted by atomic mass is 10.1. The molecule has 2 nitrogen and oxygen atoms in total. The third kappa shape index (κ3) is 26.1. The lowest BCUT2D eigenvalue weighted by Gasteiger charge is -2.05. The van der Waals surface area contributed by atoms with Crippen LogP contribution >= 0.6 is 15.9 Å². The molecule has 0 N–H and O–H groups in total. The fraction of sp³-hybridized carbons (Fsp3) is 0.917. The fourth-order valence-corrected chi connectivity index (χ4v) is 3.54. The van der Waals surface area contributed by atoms with Crippen molar-refractivity contribution in [1.29, 1.82) is 0 Å². The van der Waals surface area contributed by atoms with E-state index in [1.807, 2.05) is 0 Å². The van der Waals surface area contributed by atoms with Crippen LogP contribution in [0.3, 0.4) is 0 Å². The van der Waals surface area contributed by atoms with Crippen molar-refractivity contribution in [2.45, 2.75) is 116 Å². The summed E-state index contributed by atoms with van der Waals surface area (Å²) in [5.41, 5.74) is 0. The van der Waals surface area contributed by atoms with E-state index in [-0.39, 0.29) is 0 Å². The summed E-state index contributed by atoms with van der Waals surface area (Å²) >= 11 is 3.49. The molecule has 0 unspecified atom stereocenters. The zero-order chi connectivity index (χ0) is 19.7. The van der Waals surface area contributed by atoms with Crippen molar-refractivity contribution >= 4 is 15.9 Å². The van der Waals surface area contributed by atoms with Gasteiger partial charge in [0.05, 0.1) is 6.61 Å². The van der Waals surface area contributed by atoms with Crippen LogP contribution in [0.15, 0.2) is 12.2 Å². The highest BCUT2D eigenvalue weighted by molar-refractivity contribution is 9.09. The van der Waals surface area contributed by atoms with E-state index in [9.17, 15) is 0 Å². The van der Waals surface area contributed by atoms with Crippen molar-refractivity contribution in [2.24, 2.45) is 0 Å². The number of hydrogen-bond donors (Lipinski definition) is 0. The highest BCUT2D eigenvalue weighted by Crippen LogP contribution is 2.10. The maximum atomic E-state index is 5.53. The Labute approximate surface area is 179 Å². The van der Waals surface area contributed by atoms with E-state index in [1.54, 1.807) is 0 Å². The van der Waals surface area contributed by atoms with E-state index < -0.39 is 0 Å². The average molecular weight is 448 g/mol. The van der Waals surface area contributed by atoms with Gasteiger partial charge in [-0.3, -0.25) is 0 Å². The average Bonchev–Trinajstić information content (AvgIpc) is 2.68. The first-order chi connectivity index (χ1) is 13.4. The van der Waals surface area contributed by atoms with Crippen LogP contribution in [-0.2, 0) is 9.47 Å². The molecule has 0 radical (unpaired) electrons. The van der Waals surface area contributed by atoms with Gasteiger partial charge in [0, 0.05) is 11.9 Å². The molecule has 0 aliphatic heterocycles. The largest absolute Gasteiger partial charge is 0.355 e. The van der Waals surface area contributed by atoms with Crippen LogP contribution in [0.2, 0.25) is 0 Å². The molecule has 0 aliphatic rings. The van der Waals surface area contributed by atoms with Gasteiger partial charge in [-0.1, -0.05) is 112 Å². The highest BCUT2D eigenvalue weighted by Gasteiger charge is 1.93. The number of ether oxygens (including phenoxy) is 2. The molecule has 0 aromatic heterocycles. The van der Waals surface area contributed by atoms with Crippen molar-refractivity contribution in [1.82, 2.24) is 0 Å². The van der Waals surface area contributed by atoms with Crippen LogP contribution in [-0.4, -0.2) is 25.3 Å². The second kappa shape index (κ2) is 26.1. The summed E-state index contributed by atoms with van der Waals surface area (Å²) in [6, 6.07) is 0. The van der Waals surface area contributed by atoms with Crippen LogP contribution in [0.1, 0.15) is 116 Å². The minimum atomic E-state index is 0.458. The van der Waals surface area contributed by atoms with E-state index in [0.717, 1.165) is 25.0 Å². The molecule has 0 atom stereocenters. The SMILES string of the molecule is CCCCCCCCCOCOCCC=CCCCCCCCCCCBr. The second-order valence-electron chi connectivity index (χ2n) is 7.62. The lowest BCUT2D eigenvalue weighted by Crippen LogP contribution is -2.02. The van der Waals surface area contributed by atoms with E-state index in [2.05, 4.69) is 35.0 Å². The predicted octanol–water partition coefficient (Wildman–Crippen LogP) is 8.58. The number of allylic oxidation sites excluding steroid dienone is 1. The topological polar surface area (TPSA) is 18.5 Å². The Bertz CT molecular complexity index is 282. The van der Waals surface area contributed by atoms with E-state index in [1.165, 1.54) is 103 Å². The molecule has 0 heterocycles. The van der Waals surface area contributed by atoms with Gasteiger partial charge in [-0.2, -0.15) is 0 Å². The molecule has 0 aromatic rings. The molecule has 0 aliphatic carbocycles. The Hall–Kier alpha value is 0.140. The first kappa shape index (κ1) is 27.1. The Kier molecular flexibility index (Phi) is 26.3. The number of halogens is 1. The van der Waals surface area contributed by atoms with E-state index in [4.69, 9.17) is 9.47 Å². The molecule has 3 heteroatoms. The number of rotatable bonds is 23. The molecule has 0 spiro atoms. The first-order valence-electron chi connectivity index (χ1n) is 11.8. The molecule has 0 bridgehead atoms. The Morgan fingerprint density at radius 3 is 1.74 bits per heavy atom. The third-order valence-corrected chi connectivity index (χ3v) is 5.47. The maximum Gasteiger partial charge on any atom is 0.146 e. The minimum absolute atomic E-state index is 0.458. The van der Waals surface area contributed by atoms with Crippen molar-refractivity contribution in [3.63, 3.8) is 0 Å². The third-order valence-electron chi connectivity index (χ3n) is 4.91. The summed E-state index contributed by atoms with van der Waals surface area (Å²) in [5, 5.41) is 1.16. The van der Waals surface area contributed by atoms with Crippen LogP contribution in [0.25, 0.3) is 0 Å². The zero-order valence-electron chi connectivity index (χ0n) is 18.2. The van der Waals surface area contributed by atoms with Crippen molar-refractivity contribution in [2.75, 3.05) is 25.3 Å². The number of alkyl halides is 1. The minimum Gasteiger partial charge on any atom is -0.355 e. The Morgan fingerprint density at radius 1 is 0.556 bits per heavy atom. The van der Waals surface area contributed by atoms with Gasteiger partial charge in [-0.05, 0) is 32.1 Å². The van der Waals surface area contributed by atoms with Crippen LogP contribution in [0.5, 0.6) is 0 Å². The molecule has 0 aromatic carbocycles. The first-order valence-corrected chi connectivity index (χ1v) is 12.9. The van der Waals surface area contributed by atoms with Crippen molar-refractivity contribution in [3.8, 4) is 0 Å². The van der Waals surface area contributed by atoms with Gasteiger partial charge in [0.15, 0.2) is 0 Å². The molecule has 0 rings (SSSR count). The molecule has 0 amide bonds. The van der Waals surface area contributed by atoms with Gasteiger partial charge >= 0.3 is 0 Å². The summed E-state index contributed by atoms with van der Waals surface area (Å²) in [6.45, 7) is 4.35. The van der Waals surface area contributed by atoms with E-state index >= 15 is 0 Å². The van der Waals surface area contributed by atoms with Crippen LogP contribution < -0.4 is 0 Å². The van der Waals surface area contributed by atoms with Gasteiger partial charge in [-0.15, -0.1) is 0 Å². The van der Waals surface area contributed by atoms with Crippen molar-refractivity contribution < 1.29 is 9.47 Å². The summed E-state index contributed by atoms with van der Waals surface area (Å²) in [6.07, 6.45) is 27.2. The normalized spacial score (nSPS) is 11.6. The summed E-state index contributed by atoms with van der Waals surface area (Å²) < 4.78 is 11.0. The monoisotopic (exact) mass is 446 g/mol. The van der Waals surface area contributed by atoms with E-state index in [0.29, 0.717) is 6.79 Å². The Morgan fingerprint density at radius 2 is 1.07 bits per heavy atom. The molecule has 0 saturated heterocycles. The summed E-state index contributed by atoms with van der Waals surface area (Å²) in [4.78, 5) is 0. The lowest BCUT2D eigenvalue weighted by molar-refractivity contribution is -0.0531. The molecule has 162 valence electrons. The van der Waals surface area contributed by atoms with Crippen LogP contribution in [0, 0.1) is 0 Å². The summed E-state index contributed by atoms with van der Waals surface area (Å²) in [5.74, 6) is 0. The second-order valence-corrected chi connectivity index (χ2v) is 8.41. The van der Waals surface area contributed by atoms with Gasteiger partial charge in [0.2, 0.25) is 0 Å². The van der Waals surface area contributed by atoms with Crippen molar-refractivity contribution in [3.05, 3.63) is 12.2 Å². The molecular formula is C24H47BrO2. The maximum absolute atomic E-state index is 5.53. The molecular weight excluding hydrogens is 400 g/mol. The standard InChI is InChI=1S/C24H47BrO2/c1-2-3-4-5-13-16-19-22-26-24-27-23-20-17-14-11-9-7-6-8-10-12-15-18-21-25/h14,17H,2-13,15-16,18-24H2,1H3. The number of unbranched alkanes of at least 4 members (excludes halogenated alkanes) is 14. The fourth-order valence-electron chi connectivity index (χ4n) is 3.14. The molecule has 0 saturated carbocycles. The van der Waals surface area contributed by atoms with Gasteiger partial charge < -0.3 is 9.47 Å². The van der Waals surface area contributed by atoms with Gasteiger partial charge in [-0.25, -0.2) is 0 Å².